The van der Waals surface area contributed by atoms with Gasteiger partial charge in [-0.1, -0.05) is 49.9 Å². The second kappa shape index (κ2) is 9.50. The van der Waals surface area contributed by atoms with E-state index in [1.807, 2.05) is 51.8 Å². The predicted molar refractivity (Wildman–Crippen MR) is 135 cm³/mol. The van der Waals surface area contributed by atoms with E-state index in [0.29, 0.717) is 24.0 Å². The molecule has 4 aromatic rings. The van der Waals surface area contributed by atoms with Crippen LogP contribution in [0.4, 0.5) is 5.69 Å². The van der Waals surface area contributed by atoms with Crippen molar-refractivity contribution in [1.29, 1.82) is 0 Å². The summed E-state index contributed by atoms with van der Waals surface area (Å²) in [6, 6.07) is 16.0. The molecule has 8 nitrogen and oxygen atoms in total. The van der Waals surface area contributed by atoms with E-state index < -0.39 is 0 Å². The lowest BCUT2D eigenvalue weighted by Gasteiger charge is -2.36. The first-order valence-electron chi connectivity index (χ1n) is 11.5. The van der Waals surface area contributed by atoms with Crippen LogP contribution >= 0.6 is 11.8 Å². The molecule has 0 radical (unpaired) electrons. The first kappa shape index (κ1) is 22.5. The van der Waals surface area contributed by atoms with Gasteiger partial charge in [-0.05, 0) is 24.3 Å². The summed E-state index contributed by atoms with van der Waals surface area (Å²) >= 11 is 1.43. The largest absolute Gasteiger partial charge is 0.495 e. The summed E-state index contributed by atoms with van der Waals surface area (Å²) < 4.78 is 7.50. The van der Waals surface area contributed by atoms with E-state index >= 15 is 0 Å². The molecule has 5 rings (SSSR count). The Hall–Kier alpha value is -3.33. The molecule has 3 heterocycles. The highest BCUT2D eigenvalue weighted by Crippen LogP contribution is 2.29. The van der Waals surface area contributed by atoms with E-state index in [9.17, 15) is 4.79 Å². The van der Waals surface area contributed by atoms with Crippen LogP contribution in [0, 0.1) is 0 Å². The minimum absolute atomic E-state index is 0.112. The van der Waals surface area contributed by atoms with Crippen LogP contribution in [0.1, 0.15) is 25.6 Å². The molecule has 1 fully saturated rings. The Labute approximate surface area is 202 Å². The second-order valence-electron chi connectivity index (χ2n) is 8.61. The van der Waals surface area contributed by atoms with E-state index in [-0.39, 0.29) is 11.8 Å². The summed E-state index contributed by atoms with van der Waals surface area (Å²) in [6.45, 7) is 7.13. The smallest absolute Gasteiger partial charge is 0.233 e. The number of carbonyl (C=O) groups excluding carboxylic acids is 1. The van der Waals surface area contributed by atoms with Crippen molar-refractivity contribution in [3.05, 3.63) is 54.4 Å². The number of thioether (sulfide) groups is 1. The quantitative estimate of drug-likeness (QED) is 0.391. The van der Waals surface area contributed by atoms with E-state index in [1.54, 1.807) is 7.11 Å². The molecule has 9 heteroatoms. The molecule has 0 spiro atoms. The second-order valence-corrected chi connectivity index (χ2v) is 9.55. The van der Waals surface area contributed by atoms with Gasteiger partial charge in [0.1, 0.15) is 11.6 Å². The number of piperazine rings is 1. The molecule has 0 unspecified atom stereocenters. The monoisotopic (exact) mass is 476 g/mol. The summed E-state index contributed by atoms with van der Waals surface area (Å²) in [7, 11) is 1.69. The van der Waals surface area contributed by atoms with Gasteiger partial charge < -0.3 is 14.5 Å². The minimum Gasteiger partial charge on any atom is -0.495 e. The van der Waals surface area contributed by atoms with Gasteiger partial charge in [-0.3, -0.25) is 9.20 Å². The number of rotatable bonds is 6. The summed E-state index contributed by atoms with van der Waals surface area (Å²) in [5, 5.41) is 10.5. The lowest BCUT2D eigenvalue weighted by atomic mass is 10.2. The van der Waals surface area contributed by atoms with Crippen LogP contribution in [0.25, 0.3) is 16.6 Å². The first-order valence-corrected chi connectivity index (χ1v) is 12.5. The normalized spacial score (nSPS) is 14.4. The average molecular weight is 477 g/mol. The Bertz CT molecular complexity index is 1330. The van der Waals surface area contributed by atoms with E-state index in [2.05, 4.69) is 35.0 Å². The van der Waals surface area contributed by atoms with Gasteiger partial charge in [0.25, 0.3) is 0 Å². The van der Waals surface area contributed by atoms with Gasteiger partial charge >= 0.3 is 0 Å². The van der Waals surface area contributed by atoms with Crippen LogP contribution in [-0.2, 0) is 4.79 Å². The number of amides is 1. The third-order valence-electron chi connectivity index (χ3n) is 6.14. The van der Waals surface area contributed by atoms with Crippen LogP contribution in [0.2, 0.25) is 0 Å². The number of anilines is 1. The van der Waals surface area contributed by atoms with Gasteiger partial charge in [-0.15, -0.1) is 10.2 Å². The number of ether oxygens (including phenoxy) is 1. The Morgan fingerprint density at radius 2 is 1.76 bits per heavy atom. The van der Waals surface area contributed by atoms with Crippen molar-refractivity contribution in [2.45, 2.75) is 24.9 Å². The maximum atomic E-state index is 13.0. The third-order valence-corrected chi connectivity index (χ3v) is 7.06. The maximum Gasteiger partial charge on any atom is 0.233 e. The highest BCUT2D eigenvalue weighted by atomic mass is 32.2. The lowest BCUT2D eigenvalue weighted by molar-refractivity contribution is -0.128. The standard InChI is InChI=1S/C25H28N6O2S/c1-17(2)23-26-19-9-5-4-8-18(19)24-27-28-25(31(23)24)34-16-22(32)30-14-12-29(13-15-30)20-10-6-7-11-21(20)33-3/h4-11,17H,12-16H2,1-3H3. The van der Waals surface area contributed by atoms with Crippen molar-refractivity contribution in [3.8, 4) is 5.75 Å². The highest BCUT2D eigenvalue weighted by Gasteiger charge is 2.24. The molecule has 0 bridgehead atoms. The summed E-state index contributed by atoms with van der Waals surface area (Å²) in [5.74, 6) is 2.39. The number of fused-ring (bicyclic) bond motifs is 3. The van der Waals surface area contributed by atoms with E-state index in [1.165, 1.54) is 11.8 Å². The molecule has 1 aliphatic heterocycles. The molecule has 0 saturated carbocycles. The Kier molecular flexibility index (Phi) is 6.28. The number of nitrogens with zero attached hydrogens (tertiary/aromatic N) is 6. The Morgan fingerprint density at radius 3 is 2.53 bits per heavy atom. The lowest BCUT2D eigenvalue weighted by Crippen LogP contribution is -2.49. The molecule has 1 aliphatic rings. The number of carbonyl (C=O) groups is 1. The first-order chi connectivity index (χ1) is 16.6. The summed E-state index contributed by atoms with van der Waals surface area (Å²) in [6.07, 6.45) is 0. The van der Waals surface area contributed by atoms with Crippen molar-refractivity contribution < 1.29 is 9.53 Å². The van der Waals surface area contributed by atoms with Crippen LogP contribution < -0.4 is 9.64 Å². The van der Waals surface area contributed by atoms with Gasteiger partial charge in [-0.25, -0.2) is 4.98 Å². The SMILES string of the molecule is COc1ccccc1N1CCN(C(=O)CSc2nnc3c4ccccc4nc(C(C)C)n23)CC1. The predicted octanol–water partition coefficient (Wildman–Crippen LogP) is 3.85. The number of para-hydroxylation sites is 3. The zero-order chi connectivity index (χ0) is 23.7. The van der Waals surface area contributed by atoms with Crippen LogP contribution in [-0.4, -0.2) is 69.4 Å². The van der Waals surface area contributed by atoms with E-state index in [0.717, 1.165) is 46.9 Å². The third kappa shape index (κ3) is 4.16. The summed E-state index contributed by atoms with van der Waals surface area (Å²) in [4.78, 5) is 22.1. The van der Waals surface area contributed by atoms with Crippen molar-refractivity contribution in [2.75, 3.05) is 43.9 Å². The van der Waals surface area contributed by atoms with Crippen LogP contribution in [0.5, 0.6) is 5.75 Å². The number of hydrogen-bond acceptors (Lipinski definition) is 7. The minimum atomic E-state index is 0.112. The van der Waals surface area contributed by atoms with Crippen molar-refractivity contribution in [2.24, 2.45) is 0 Å². The topological polar surface area (TPSA) is 75.9 Å². The van der Waals surface area contributed by atoms with E-state index in [4.69, 9.17) is 9.72 Å². The molecular weight excluding hydrogens is 448 g/mol. The zero-order valence-corrected chi connectivity index (χ0v) is 20.5. The summed E-state index contributed by atoms with van der Waals surface area (Å²) in [5.41, 5.74) is 2.77. The molecule has 0 aliphatic carbocycles. The number of aromatic nitrogens is 4. The van der Waals surface area contributed by atoms with Gasteiger partial charge in [0, 0.05) is 37.5 Å². The van der Waals surface area contributed by atoms with Gasteiger partial charge in [0.2, 0.25) is 5.91 Å². The van der Waals surface area contributed by atoms with Gasteiger partial charge in [0.05, 0.1) is 24.1 Å². The van der Waals surface area contributed by atoms with Gasteiger partial charge in [0.15, 0.2) is 10.8 Å². The molecule has 1 saturated heterocycles. The number of hydrogen-bond donors (Lipinski definition) is 0. The fourth-order valence-electron chi connectivity index (χ4n) is 4.37. The molecule has 1 amide bonds. The molecule has 0 atom stereocenters. The van der Waals surface area contributed by atoms with Crippen LogP contribution in [0.15, 0.2) is 53.7 Å². The highest BCUT2D eigenvalue weighted by molar-refractivity contribution is 7.99. The van der Waals surface area contributed by atoms with Crippen molar-refractivity contribution in [1.82, 2.24) is 24.5 Å². The zero-order valence-electron chi connectivity index (χ0n) is 19.6. The van der Waals surface area contributed by atoms with Gasteiger partial charge in [-0.2, -0.15) is 0 Å². The molecule has 2 aromatic heterocycles. The van der Waals surface area contributed by atoms with Crippen molar-refractivity contribution >= 4 is 39.9 Å². The average Bonchev–Trinajstić information content (AvgIpc) is 3.31. The van der Waals surface area contributed by atoms with Crippen LogP contribution in [0.3, 0.4) is 0 Å². The molecule has 176 valence electrons. The number of methoxy groups -OCH3 is 1. The molecular formula is C25H28N6O2S. The Morgan fingerprint density at radius 1 is 1.03 bits per heavy atom. The molecule has 0 N–H and O–H groups in total. The fourth-order valence-corrected chi connectivity index (χ4v) is 5.21. The molecule has 34 heavy (non-hydrogen) atoms. The Balaban J connectivity index is 1.29. The number of benzene rings is 2. The maximum absolute atomic E-state index is 13.0. The molecule has 2 aromatic carbocycles. The fraction of sp³-hybridized carbons (Fsp3) is 0.360. The van der Waals surface area contributed by atoms with Crippen molar-refractivity contribution in [3.63, 3.8) is 0 Å².